The highest BCUT2D eigenvalue weighted by atomic mass is 31.2. The fourth-order valence-corrected chi connectivity index (χ4v) is 5.19. The molecule has 3 heteroatoms. The van der Waals surface area contributed by atoms with E-state index in [-0.39, 0.29) is 6.61 Å². The van der Waals surface area contributed by atoms with Crippen LogP contribution in [0, 0.1) is 0 Å². The molecule has 0 aliphatic carbocycles. The molecule has 0 bridgehead atoms. The first-order valence-corrected chi connectivity index (χ1v) is 10.9. The monoisotopic (exact) mass is 384 g/mol. The van der Waals surface area contributed by atoms with Crippen molar-refractivity contribution in [1.82, 2.24) is 0 Å². The smallest absolute Gasteiger partial charge is 0.261 e. The van der Waals surface area contributed by atoms with Crippen LogP contribution in [0.1, 0.15) is 5.56 Å². The molecule has 2 nitrogen and oxygen atoms in total. The highest BCUT2D eigenvalue weighted by molar-refractivity contribution is 7.74. The van der Waals surface area contributed by atoms with Crippen LogP contribution in [0.4, 0.5) is 0 Å². The van der Waals surface area contributed by atoms with E-state index in [1.807, 2.05) is 91.0 Å². The van der Waals surface area contributed by atoms with Gasteiger partial charge in [-0.1, -0.05) is 91.0 Å². The summed E-state index contributed by atoms with van der Waals surface area (Å²) in [6.45, 7) is 0.288. The van der Waals surface area contributed by atoms with Crippen LogP contribution in [0.25, 0.3) is 11.1 Å². The second-order valence-electron chi connectivity index (χ2n) is 6.56. The maximum Gasteiger partial charge on any atom is 0.261 e. The molecule has 28 heavy (non-hydrogen) atoms. The first kappa shape index (κ1) is 18.4. The van der Waals surface area contributed by atoms with Gasteiger partial charge in [-0.05, 0) is 41.0 Å². The molecule has 0 N–H and O–H groups in total. The van der Waals surface area contributed by atoms with Crippen molar-refractivity contribution in [3.05, 3.63) is 121 Å². The maximum absolute atomic E-state index is 13.9. The summed E-state index contributed by atoms with van der Waals surface area (Å²) in [6.07, 6.45) is 0. The SMILES string of the molecule is O=P(OCc1ccc(-c2ccccc2)cc1)(c1ccccc1)c1ccccc1. The Bertz CT molecular complexity index is 1020. The standard InChI is InChI=1S/C25H21O2P/c26-28(24-12-6-2-7-13-24,25-14-8-3-9-15-25)27-20-21-16-18-23(19-17-21)22-10-4-1-5-11-22/h1-19H,20H2. The molecule has 0 spiro atoms. The predicted octanol–water partition coefficient (Wildman–Crippen LogP) is 5.80. The lowest BCUT2D eigenvalue weighted by molar-refractivity contribution is 0.316. The third kappa shape index (κ3) is 3.99. The van der Waals surface area contributed by atoms with Crippen molar-refractivity contribution >= 4 is 18.0 Å². The largest absolute Gasteiger partial charge is 0.317 e. The fourth-order valence-electron chi connectivity index (χ4n) is 3.14. The van der Waals surface area contributed by atoms with Crippen LogP contribution in [0.15, 0.2) is 115 Å². The lowest BCUT2D eigenvalue weighted by Crippen LogP contribution is -2.18. The van der Waals surface area contributed by atoms with Crippen LogP contribution >= 0.6 is 7.37 Å². The topological polar surface area (TPSA) is 26.3 Å². The Morgan fingerprint density at radius 2 is 0.964 bits per heavy atom. The molecule has 0 fully saturated rings. The second kappa shape index (κ2) is 8.39. The van der Waals surface area contributed by atoms with Crippen molar-refractivity contribution in [1.29, 1.82) is 0 Å². The lowest BCUT2D eigenvalue weighted by Gasteiger charge is -2.19. The average Bonchev–Trinajstić information content (AvgIpc) is 2.79. The summed E-state index contributed by atoms with van der Waals surface area (Å²) in [5.41, 5.74) is 3.32. The van der Waals surface area contributed by atoms with E-state index in [2.05, 4.69) is 24.3 Å². The average molecular weight is 384 g/mol. The molecule has 0 aliphatic heterocycles. The van der Waals surface area contributed by atoms with Crippen LogP contribution in [-0.4, -0.2) is 0 Å². The van der Waals surface area contributed by atoms with Gasteiger partial charge < -0.3 is 4.52 Å². The van der Waals surface area contributed by atoms with Crippen molar-refractivity contribution in [2.75, 3.05) is 0 Å². The summed E-state index contributed by atoms with van der Waals surface area (Å²) < 4.78 is 19.9. The van der Waals surface area contributed by atoms with Gasteiger partial charge in [0.25, 0.3) is 7.37 Å². The summed E-state index contributed by atoms with van der Waals surface area (Å²) in [4.78, 5) is 0. The second-order valence-corrected chi connectivity index (χ2v) is 8.95. The zero-order chi connectivity index (χ0) is 19.2. The molecule has 0 atom stereocenters. The molecule has 0 heterocycles. The number of hydrogen-bond donors (Lipinski definition) is 0. The molecular weight excluding hydrogens is 363 g/mol. The molecule has 0 unspecified atom stereocenters. The predicted molar refractivity (Wildman–Crippen MR) is 116 cm³/mol. The van der Waals surface area contributed by atoms with Gasteiger partial charge in [-0.15, -0.1) is 0 Å². The summed E-state index contributed by atoms with van der Waals surface area (Å²) in [7, 11) is -3.16. The van der Waals surface area contributed by atoms with Gasteiger partial charge >= 0.3 is 0 Å². The van der Waals surface area contributed by atoms with Crippen LogP contribution < -0.4 is 10.6 Å². The van der Waals surface area contributed by atoms with E-state index in [0.29, 0.717) is 10.6 Å². The van der Waals surface area contributed by atoms with E-state index < -0.39 is 7.37 Å². The van der Waals surface area contributed by atoms with E-state index >= 15 is 0 Å². The molecule has 0 aliphatic rings. The fraction of sp³-hybridized carbons (Fsp3) is 0.0400. The normalized spacial score (nSPS) is 11.3. The van der Waals surface area contributed by atoms with Gasteiger partial charge in [-0.25, -0.2) is 0 Å². The van der Waals surface area contributed by atoms with Crippen molar-refractivity contribution in [2.24, 2.45) is 0 Å². The summed E-state index contributed by atoms with van der Waals surface area (Å²) in [5, 5.41) is 1.42. The molecule has 0 amide bonds. The molecule has 4 aromatic rings. The zero-order valence-electron chi connectivity index (χ0n) is 15.4. The van der Waals surface area contributed by atoms with Crippen molar-refractivity contribution < 1.29 is 9.09 Å². The first-order chi connectivity index (χ1) is 13.8. The van der Waals surface area contributed by atoms with E-state index in [1.165, 1.54) is 5.56 Å². The molecule has 0 aromatic heterocycles. The maximum atomic E-state index is 13.9. The van der Waals surface area contributed by atoms with Crippen LogP contribution in [0.3, 0.4) is 0 Å². The summed E-state index contributed by atoms with van der Waals surface area (Å²) in [6, 6.07) is 37.3. The molecule has 0 saturated heterocycles. The minimum atomic E-state index is -3.16. The van der Waals surface area contributed by atoms with Gasteiger partial charge in [0, 0.05) is 10.6 Å². The van der Waals surface area contributed by atoms with Crippen LogP contribution in [-0.2, 0) is 15.7 Å². The zero-order valence-corrected chi connectivity index (χ0v) is 16.3. The van der Waals surface area contributed by atoms with E-state index in [4.69, 9.17) is 4.52 Å². The Morgan fingerprint density at radius 3 is 1.46 bits per heavy atom. The Kier molecular flexibility index (Phi) is 5.53. The third-order valence-electron chi connectivity index (χ3n) is 4.67. The van der Waals surface area contributed by atoms with Gasteiger partial charge in [0.15, 0.2) is 0 Å². The van der Waals surface area contributed by atoms with Crippen molar-refractivity contribution in [2.45, 2.75) is 6.61 Å². The summed E-state index contributed by atoms with van der Waals surface area (Å²) >= 11 is 0. The molecule has 138 valence electrons. The van der Waals surface area contributed by atoms with Crippen molar-refractivity contribution in [3.63, 3.8) is 0 Å². The lowest BCUT2D eigenvalue weighted by atomic mass is 10.0. The molecular formula is C25H21O2P. The van der Waals surface area contributed by atoms with Crippen LogP contribution in [0.5, 0.6) is 0 Å². The Hall–Kier alpha value is -2.93. The van der Waals surface area contributed by atoms with E-state index in [0.717, 1.165) is 11.1 Å². The molecule has 4 rings (SSSR count). The Balaban J connectivity index is 1.58. The molecule has 0 radical (unpaired) electrons. The van der Waals surface area contributed by atoms with Crippen LogP contribution in [0.2, 0.25) is 0 Å². The van der Waals surface area contributed by atoms with E-state index in [1.54, 1.807) is 0 Å². The van der Waals surface area contributed by atoms with Crippen molar-refractivity contribution in [3.8, 4) is 11.1 Å². The third-order valence-corrected chi connectivity index (χ3v) is 7.11. The first-order valence-electron chi connectivity index (χ1n) is 9.26. The Morgan fingerprint density at radius 1 is 0.536 bits per heavy atom. The highest BCUT2D eigenvalue weighted by Crippen LogP contribution is 2.45. The van der Waals surface area contributed by atoms with Gasteiger partial charge in [-0.3, -0.25) is 4.57 Å². The highest BCUT2D eigenvalue weighted by Gasteiger charge is 2.28. The van der Waals surface area contributed by atoms with E-state index in [9.17, 15) is 4.57 Å². The number of benzene rings is 4. The van der Waals surface area contributed by atoms with Gasteiger partial charge in [0.1, 0.15) is 0 Å². The minimum Gasteiger partial charge on any atom is -0.317 e. The summed E-state index contributed by atoms with van der Waals surface area (Å²) in [5.74, 6) is 0. The Labute approximate surface area is 165 Å². The molecule has 0 saturated carbocycles. The number of hydrogen-bond acceptors (Lipinski definition) is 2. The number of rotatable bonds is 6. The van der Waals surface area contributed by atoms with Gasteiger partial charge in [0.05, 0.1) is 6.61 Å². The quantitative estimate of drug-likeness (QED) is 0.393. The minimum absolute atomic E-state index is 0.288. The molecule has 4 aromatic carbocycles. The van der Waals surface area contributed by atoms with Gasteiger partial charge in [-0.2, -0.15) is 0 Å². The van der Waals surface area contributed by atoms with Gasteiger partial charge in [0.2, 0.25) is 0 Å².